The van der Waals surface area contributed by atoms with Crippen molar-refractivity contribution in [3.05, 3.63) is 0 Å². The van der Waals surface area contributed by atoms with Crippen LogP contribution >= 0.6 is 0 Å². The molecule has 1 saturated carbocycles. The molecule has 5 heteroatoms. The van der Waals surface area contributed by atoms with Gasteiger partial charge in [0.2, 0.25) is 0 Å². The zero-order valence-corrected chi connectivity index (χ0v) is 10.8. The van der Waals surface area contributed by atoms with Crippen LogP contribution in [0.25, 0.3) is 0 Å². The van der Waals surface area contributed by atoms with E-state index in [0.29, 0.717) is 13.2 Å². The first-order valence-electron chi connectivity index (χ1n) is 6.23. The maximum Gasteiger partial charge on any atom is 0.410 e. The van der Waals surface area contributed by atoms with E-state index < -0.39 is 5.60 Å². The van der Waals surface area contributed by atoms with Gasteiger partial charge < -0.3 is 20.1 Å². The smallest absolute Gasteiger partial charge is 0.410 e. The van der Waals surface area contributed by atoms with Crippen LogP contribution in [0.1, 0.15) is 33.6 Å². The lowest BCUT2D eigenvalue weighted by molar-refractivity contribution is -0.0634. The molecule has 0 aromatic carbocycles. The Morgan fingerprint density at radius 1 is 1.41 bits per heavy atom. The quantitative estimate of drug-likeness (QED) is 0.691. The summed E-state index contributed by atoms with van der Waals surface area (Å²) < 4.78 is 11.1. The number of nitrogens with two attached hydrogens (primary N) is 1. The predicted molar refractivity (Wildman–Crippen MR) is 63.7 cm³/mol. The van der Waals surface area contributed by atoms with Crippen LogP contribution in [0, 0.1) is 0 Å². The number of nitrogens with zero attached hydrogens (tertiary/aromatic N) is 1. The molecule has 0 aromatic heterocycles. The number of rotatable bonds is 0. The molecule has 2 rings (SSSR count). The number of amides is 1. The fraction of sp³-hybridized carbons (Fsp3) is 0.917. The lowest BCUT2D eigenvalue weighted by Crippen LogP contribution is -2.52. The molecule has 1 heterocycles. The molecule has 0 aromatic rings. The zero-order valence-electron chi connectivity index (χ0n) is 10.8. The summed E-state index contributed by atoms with van der Waals surface area (Å²) in [7, 11) is 0. The normalized spacial score (nSPS) is 33.4. The van der Waals surface area contributed by atoms with Gasteiger partial charge in [-0.2, -0.15) is 0 Å². The standard InChI is InChI=1S/C12H22N2O3/c1-12(2,3)17-11(15)14-4-5-16-10-7-8(13)6-9(10)14/h8-10H,4-7,13H2,1-3H3. The first-order chi connectivity index (χ1) is 7.87. The molecule has 1 saturated heterocycles. The van der Waals surface area contributed by atoms with E-state index in [-0.39, 0.29) is 24.3 Å². The fourth-order valence-electron chi connectivity index (χ4n) is 2.54. The first-order valence-corrected chi connectivity index (χ1v) is 6.23. The van der Waals surface area contributed by atoms with Crippen LogP contribution in [0.4, 0.5) is 4.79 Å². The van der Waals surface area contributed by atoms with Gasteiger partial charge in [0, 0.05) is 12.6 Å². The summed E-state index contributed by atoms with van der Waals surface area (Å²) in [4.78, 5) is 13.9. The number of carbonyl (C=O) groups excluding carboxylic acids is 1. The first kappa shape index (κ1) is 12.6. The fourth-order valence-corrected chi connectivity index (χ4v) is 2.54. The number of hydrogen-bond acceptors (Lipinski definition) is 4. The van der Waals surface area contributed by atoms with Crippen molar-refractivity contribution in [2.24, 2.45) is 5.73 Å². The van der Waals surface area contributed by atoms with Crippen molar-refractivity contribution in [3.8, 4) is 0 Å². The summed E-state index contributed by atoms with van der Waals surface area (Å²) in [5.41, 5.74) is 5.47. The van der Waals surface area contributed by atoms with Crippen LogP contribution in [0.3, 0.4) is 0 Å². The van der Waals surface area contributed by atoms with E-state index in [4.69, 9.17) is 15.2 Å². The van der Waals surface area contributed by atoms with Crippen molar-refractivity contribution in [1.82, 2.24) is 4.90 Å². The SMILES string of the molecule is CC(C)(C)OC(=O)N1CCOC2CC(N)CC21. The zero-order chi connectivity index (χ0) is 12.6. The molecule has 2 aliphatic rings. The molecule has 3 atom stereocenters. The Morgan fingerprint density at radius 3 is 2.76 bits per heavy atom. The van der Waals surface area contributed by atoms with E-state index in [2.05, 4.69) is 0 Å². The van der Waals surface area contributed by atoms with Crippen molar-refractivity contribution >= 4 is 6.09 Å². The average molecular weight is 242 g/mol. The summed E-state index contributed by atoms with van der Waals surface area (Å²) in [6.07, 6.45) is 1.49. The molecular formula is C12H22N2O3. The van der Waals surface area contributed by atoms with Gasteiger partial charge in [-0.15, -0.1) is 0 Å². The summed E-state index contributed by atoms with van der Waals surface area (Å²) in [6, 6.07) is 0.224. The minimum absolute atomic E-state index is 0.0891. The molecule has 0 spiro atoms. The molecular weight excluding hydrogens is 220 g/mol. The highest BCUT2D eigenvalue weighted by Gasteiger charge is 2.42. The molecule has 98 valence electrons. The molecule has 5 nitrogen and oxygen atoms in total. The largest absolute Gasteiger partial charge is 0.444 e. The number of morpholine rings is 1. The van der Waals surface area contributed by atoms with Gasteiger partial charge in [-0.05, 0) is 33.6 Å². The molecule has 1 aliphatic heterocycles. The van der Waals surface area contributed by atoms with Crippen molar-refractivity contribution < 1.29 is 14.3 Å². The topological polar surface area (TPSA) is 64.8 Å². The average Bonchev–Trinajstić information content (AvgIpc) is 2.54. The van der Waals surface area contributed by atoms with Crippen LogP contribution in [0.5, 0.6) is 0 Å². The Labute approximate surface area is 102 Å². The third-order valence-electron chi connectivity index (χ3n) is 3.20. The Morgan fingerprint density at radius 2 is 2.12 bits per heavy atom. The highest BCUT2D eigenvalue weighted by Crippen LogP contribution is 2.30. The van der Waals surface area contributed by atoms with Crippen molar-refractivity contribution in [3.63, 3.8) is 0 Å². The van der Waals surface area contributed by atoms with E-state index in [1.807, 2.05) is 20.8 Å². The Hall–Kier alpha value is -0.810. The van der Waals surface area contributed by atoms with E-state index in [0.717, 1.165) is 12.8 Å². The second kappa shape index (κ2) is 4.46. The van der Waals surface area contributed by atoms with Gasteiger partial charge in [-0.3, -0.25) is 0 Å². The third kappa shape index (κ3) is 2.90. The molecule has 3 unspecified atom stereocenters. The number of fused-ring (bicyclic) bond motifs is 1. The van der Waals surface area contributed by atoms with Gasteiger partial charge >= 0.3 is 6.09 Å². The van der Waals surface area contributed by atoms with Gasteiger partial charge in [0.25, 0.3) is 0 Å². The van der Waals surface area contributed by atoms with Crippen LogP contribution in [-0.2, 0) is 9.47 Å². The molecule has 1 aliphatic carbocycles. The summed E-state index contributed by atoms with van der Waals surface area (Å²) in [6.45, 7) is 6.81. The number of hydrogen-bond donors (Lipinski definition) is 1. The maximum absolute atomic E-state index is 12.1. The number of ether oxygens (including phenoxy) is 2. The Bertz CT molecular complexity index is 301. The third-order valence-corrected chi connectivity index (χ3v) is 3.20. The van der Waals surface area contributed by atoms with Crippen molar-refractivity contribution in [1.29, 1.82) is 0 Å². The van der Waals surface area contributed by atoms with Crippen LogP contribution in [0.15, 0.2) is 0 Å². The molecule has 2 fully saturated rings. The predicted octanol–water partition coefficient (Wildman–Crippen LogP) is 1.11. The van der Waals surface area contributed by atoms with Gasteiger partial charge in [0.05, 0.1) is 18.8 Å². The van der Waals surface area contributed by atoms with E-state index >= 15 is 0 Å². The molecule has 17 heavy (non-hydrogen) atoms. The van der Waals surface area contributed by atoms with Crippen molar-refractivity contribution in [2.45, 2.75) is 57.4 Å². The van der Waals surface area contributed by atoms with Gasteiger partial charge in [0.1, 0.15) is 5.60 Å². The van der Waals surface area contributed by atoms with Gasteiger partial charge in [-0.25, -0.2) is 4.79 Å². The van der Waals surface area contributed by atoms with Crippen molar-refractivity contribution in [2.75, 3.05) is 13.2 Å². The summed E-state index contributed by atoms with van der Waals surface area (Å²) >= 11 is 0. The molecule has 1 amide bonds. The van der Waals surface area contributed by atoms with E-state index in [1.165, 1.54) is 0 Å². The van der Waals surface area contributed by atoms with Gasteiger partial charge in [-0.1, -0.05) is 0 Å². The van der Waals surface area contributed by atoms with E-state index in [9.17, 15) is 4.79 Å². The minimum atomic E-state index is -0.453. The summed E-state index contributed by atoms with van der Waals surface area (Å²) in [5.74, 6) is 0. The lowest BCUT2D eigenvalue weighted by atomic mass is 10.1. The molecule has 0 bridgehead atoms. The summed E-state index contributed by atoms with van der Waals surface area (Å²) in [5, 5.41) is 0. The van der Waals surface area contributed by atoms with Crippen LogP contribution in [-0.4, -0.2) is 47.9 Å². The minimum Gasteiger partial charge on any atom is -0.444 e. The highest BCUT2D eigenvalue weighted by molar-refractivity contribution is 5.69. The van der Waals surface area contributed by atoms with Crippen LogP contribution < -0.4 is 5.73 Å². The van der Waals surface area contributed by atoms with E-state index in [1.54, 1.807) is 4.90 Å². The van der Waals surface area contributed by atoms with Gasteiger partial charge in [0.15, 0.2) is 0 Å². The Kier molecular flexibility index (Phi) is 3.32. The second-order valence-corrected chi connectivity index (χ2v) is 5.88. The highest BCUT2D eigenvalue weighted by atomic mass is 16.6. The molecule has 2 N–H and O–H groups in total. The maximum atomic E-state index is 12.1. The second-order valence-electron chi connectivity index (χ2n) is 5.88. The lowest BCUT2D eigenvalue weighted by Gasteiger charge is -2.38. The number of carbonyl (C=O) groups is 1. The molecule has 0 radical (unpaired) electrons. The van der Waals surface area contributed by atoms with Crippen LogP contribution in [0.2, 0.25) is 0 Å². The monoisotopic (exact) mass is 242 g/mol. The Balaban J connectivity index is 2.02.